The van der Waals surface area contributed by atoms with Crippen molar-refractivity contribution in [1.82, 2.24) is 5.32 Å². The molecule has 0 bridgehead atoms. The Bertz CT molecular complexity index is 634. The van der Waals surface area contributed by atoms with Crippen molar-refractivity contribution >= 4 is 11.6 Å². The van der Waals surface area contributed by atoms with Crippen LogP contribution in [0.2, 0.25) is 5.02 Å². The minimum absolute atomic E-state index is 0.0589. The molecule has 0 fully saturated rings. The Kier molecular flexibility index (Phi) is 5.15. The van der Waals surface area contributed by atoms with Gasteiger partial charge in [0, 0.05) is 16.6 Å². The van der Waals surface area contributed by atoms with Crippen LogP contribution in [0, 0.1) is 11.6 Å². The average molecular weight is 312 g/mol. The number of rotatable bonds is 5. The molecule has 1 N–H and O–H groups in total. The summed E-state index contributed by atoms with van der Waals surface area (Å²) < 4.78 is 31.8. The van der Waals surface area contributed by atoms with E-state index < -0.39 is 11.6 Å². The SMILES string of the molecule is CNC(C)c1cc(Cl)ccc1OCc1ccc(F)c(F)c1. The average Bonchev–Trinajstić information content (AvgIpc) is 2.48. The third kappa shape index (κ3) is 3.93. The molecule has 0 heterocycles. The van der Waals surface area contributed by atoms with Gasteiger partial charge in [-0.2, -0.15) is 0 Å². The predicted octanol–water partition coefficient (Wildman–Crippen LogP) is 4.48. The second-order valence-electron chi connectivity index (χ2n) is 4.73. The molecule has 0 aliphatic rings. The lowest BCUT2D eigenvalue weighted by Gasteiger charge is -2.17. The van der Waals surface area contributed by atoms with Crippen LogP contribution in [0.4, 0.5) is 8.78 Å². The van der Waals surface area contributed by atoms with Gasteiger partial charge in [0.15, 0.2) is 11.6 Å². The summed E-state index contributed by atoms with van der Waals surface area (Å²) in [5.41, 5.74) is 1.47. The van der Waals surface area contributed by atoms with Gasteiger partial charge in [-0.1, -0.05) is 17.7 Å². The molecular weight excluding hydrogens is 296 g/mol. The number of hydrogen-bond donors (Lipinski definition) is 1. The highest BCUT2D eigenvalue weighted by Crippen LogP contribution is 2.29. The molecule has 2 aromatic rings. The largest absolute Gasteiger partial charge is 0.489 e. The van der Waals surface area contributed by atoms with Crippen molar-refractivity contribution < 1.29 is 13.5 Å². The first-order chi connectivity index (χ1) is 10.0. The number of hydrogen-bond acceptors (Lipinski definition) is 2. The molecule has 0 aromatic heterocycles. The standard InChI is InChI=1S/C16H16ClF2NO/c1-10(20-2)13-8-12(17)4-6-16(13)21-9-11-3-5-14(18)15(19)7-11/h3-8,10,20H,9H2,1-2H3. The Labute approximate surface area is 127 Å². The zero-order valence-electron chi connectivity index (χ0n) is 11.8. The van der Waals surface area contributed by atoms with Crippen LogP contribution in [0.25, 0.3) is 0 Å². The summed E-state index contributed by atoms with van der Waals surface area (Å²) in [6.07, 6.45) is 0. The van der Waals surface area contributed by atoms with Gasteiger partial charge in [0.2, 0.25) is 0 Å². The van der Waals surface area contributed by atoms with Crippen molar-refractivity contribution in [3.63, 3.8) is 0 Å². The quantitative estimate of drug-likeness (QED) is 0.879. The molecule has 1 unspecified atom stereocenters. The van der Waals surface area contributed by atoms with E-state index in [1.54, 1.807) is 12.1 Å². The van der Waals surface area contributed by atoms with Crippen LogP contribution in [-0.2, 0) is 6.61 Å². The molecule has 0 radical (unpaired) electrons. The summed E-state index contributed by atoms with van der Waals surface area (Å²) in [4.78, 5) is 0. The van der Waals surface area contributed by atoms with E-state index in [-0.39, 0.29) is 12.6 Å². The van der Waals surface area contributed by atoms with Crippen molar-refractivity contribution in [2.75, 3.05) is 7.05 Å². The molecule has 0 saturated heterocycles. The molecule has 0 aliphatic heterocycles. The van der Waals surface area contributed by atoms with Gasteiger partial charge >= 0.3 is 0 Å². The van der Waals surface area contributed by atoms with Crippen LogP contribution in [0.1, 0.15) is 24.1 Å². The minimum Gasteiger partial charge on any atom is -0.489 e. The van der Waals surface area contributed by atoms with Gasteiger partial charge in [-0.05, 0) is 49.9 Å². The van der Waals surface area contributed by atoms with E-state index in [0.717, 1.165) is 17.7 Å². The first kappa shape index (κ1) is 15.7. The number of benzene rings is 2. The third-order valence-electron chi connectivity index (χ3n) is 3.25. The maximum Gasteiger partial charge on any atom is 0.159 e. The van der Waals surface area contributed by atoms with E-state index in [9.17, 15) is 8.78 Å². The second kappa shape index (κ2) is 6.87. The molecule has 1 atom stereocenters. The van der Waals surface area contributed by atoms with Gasteiger partial charge in [-0.3, -0.25) is 0 Å². The van der Waals surface area contributed by atoms with E-state index >= 15 is 0 Å². The van der Waals surface area contributed by atoms with E-state index in [4.69, 9.17) is 16.3 Å². The fraction of sp³-hybridized carbons (Fsp3) is 0.250. The topological polar surface area (TPSA) is 21.3 Å². The maximum absolute atomic E-state index is 13.2. The Hall–Kier alpha value is -1.65. The molecule has 2 nitrogen and oxygen atoms in total. The molecule has 0 aliphatic carbocycles. The lowest BCUT2D eigenvalue weighted by molar-refractivity contribution is 0.299. The van der Waals surface area contributed by atoms with Gasteiger partial charge in [0.05, 0.1) is 0 Å². The van der Waals surface area contributed by atoms with Crippen LogP contribution >= 0.6 is 11.6 Å². The van der Waals surface area contributed by atoms with Gasteiger partial charge < -0.3 is 10.1 Å². The van der Waals surface area contributed by atoms with Gasteiger partial charge in [-0.15, -0.1) is 0 Å². The summed E-state index contributed by atoms with van der Waals surface area (Å²) in [5, 5.41) is 3.73. The number of ether oxygens (including phenoxy) is 1. The summed E-state index contributed by atoms with van der Waals surface area (Å²) in [6.45, 7) is 2.14. The number of halogens is 3. The monoisotopic (exact) mass is 311 g/mol. The Morgan fingerprint density at radius 1 is 1.14 bits per heavy atom. The highest BCUT2D eigenvalue weighted by molar-refractivity contribution is 6.30. The highest BCUT2D eigenvalue weighted by Gasteiger charge is 2.11. The number of nitrogens with one attached hydrogen (secondary N) is 1. The summed E-state index contributed by atoms with van der Waals surface area (Å²) in [5.74, 6) is -1.09. The van der Waals surface area contributed by atoms with Crippen LogP contribution in [0.3, 0.4) is 0 Å². The molecule has 0 saturated carbocycles. The highest BCUT2D eigenvalue weighted by atomic mass is 35.5. The fourth-order valence-electron chi connectivity index (χ4n) is 1.94. The zero-order valence-corrected chi connectivity index (χ0v) is 12.5. The van der Waals surface area contributed by atoms with E-state index in [1.807, 2.05) is 20.0 Å². The molecule has 21 heavy (non-hydrogen) atoms. The molecule has 0 spiro atoms. The molecule has 2 aromatic carbocycles. The molecule has 5 heteroatoms. The second-order valence-corrected chi connectivity index (χ2v) is 5.17. The fourth-order valence-corrected chi connectivity index (χ4v) is 2.12. The van der Waals surface area contributed by atoms with Crippen molar-refractivity contribution in [2.24, 2.45) is 0 Å². The first-order valence-corrected chi connectivity index (χ1v) is 6.92. The predicted molar refractivity (Wildman–Crippen MR) is 79.6 cm³/mol. The summed E-state index contributed by atoms with van der Waals surface area (Å²) >= 11 is 6.00. The molecule has 0 amide bonds. The molecule has 112 valence electrons. The Morgan fingerprint density at radius 2 is 1.90 bits per heavy atom. The minimum atomic E-state index is -0.879. The molecule has 2 rings (SSSR count). The lowest BCUT2D eigenvalue weighted by atomic mass is 10.1. The lowest BCUT2D eigenvalue weighted by Crippen LogP contribution is -2.13. The Balaban J connectivity index is 2.17. The maximum atomic E-state index is 13.2. The smallest absolute Gasteiger partial charge is 0.159 e. The van der Waals surface area contributed by atoms with Crippen molar-refractivity contribution in [3.05, 3.63) is 64.2 Å². The van der Waals surface area contributed by atoms with Crippen molar-refractivity contribution in [3.8, 4) is 5.75 Å². The third-order valence-corrected chi connectivity index (χ3v) is 3.48. The summed E-state index contributed by atoms with van der Waals surface area (Å²) in [6, 6.07) is 9.10. The van der Waals surface area contributed by atoms with Crippen molar-refractivity contribution in [1.29, 1.82) is 0 Å². The van der Waals surface area contributed by atoms with Crippen LogP contribution in [0.15, 0.2) is 36.4 Å². The van der Waals surface area contributed by atoms with Crippen LogP contribution < -0.4 is 10.1 Å². The van der Waals surface area contributed by atoms with E-state index in [1.165, 1.54) is 6.07 Å². The van der Waals surface area contributed by atoms with E-state index in [2.05, 4.69) is 5.32 Å². The van der Waals surface area contributed by atoms with E-state index in [0.29, 0.717) is 16.3 Å². The summed E-state index contributed by atoms with van der Waals surface area (Å²) in [7, 11) is 1.84. The van der Waals surface area contributed by atoms with Gasteiger partial charge in [-0.25, -0.2) is 8.78 Å². The van der Waals surface area contributed by atoms with Gasteiger partial charge in [0.1, 0.15) is 12.4 Å². The van der Waals surface area contributed by atoms with Crippen molar-refractivity contribution in [2.45, 2.75) is 19.6 Å². The van der Waals surface area contributed by atoms with Gasteiger partial charge in [0.25, 0.3) is 0 Å². The first-order valence-electron chi connectivity index (χ1n) is 6.54. The zero-order chi connectivity index (χ0) is 15.4. The van der Waals surface area contributed by atoms with Crippen LogP contribution in [-0.4, -0.2) is 7.05 Å². The normalized spacial score (nSPS) is 12.2. The Morgan fingerprint density at radius 3 is 2.57 bits per heavy atom. The van der Waals surface area contributed by atoms with Crippen LogP contribution in [0.5, 0.6) is 5.75 Å². The molecular formula is C16H16ClF2NO.